The number of hydrogen-bond donors (Lipinski definition) is 0. The van der Waals surface area contributed by atoms with Gasteiger partial charge in [-0.3, -0.25) is 4.79 Å². The third-order valence-corrected chi connectivity index (χ3v) is 5.90. The molecule has 7 nitrogen and oxygen atoms in total. The minimum absolute atomic E-state index is 0.115. The Morgan fingerprint density at radius 3 is 2.55 bits per heavy atom. The Labute approximate surface area is 175 Å². The molecule has 0 saturated carbocycles. The first-order valence-electron chi connectivity index (χ1n) is 10.0. The fourth-order valence-electron chi connectivity index (χ4n) is 3.59. The largest absolute Gasteiger partial charge is 0.352 e. The molecule has 1 saturated heterocycles. The molecule has 0 aliphatic carbocycles. The Hall–Kier alpha value is -2.67. The number of aromatic nitrogens is 4. The van der Waals surface area contributed by atoms with Crippen molar-refractivity contribution in [2.45, 2.75) is 33.1 Å². The van der Waals surface area contributed by atoms with Crippen molar-refractivity contribution in [2.24, 2.45) is 0 Å². The first-order valence-corrected chi connectivity index (χ1v) is 10.4. The maximum Gasteiger partial charge on any atom is 0.219 e. The molecule has 1 amide bonds. The van der Waals surface area contributed by atoms with Gasteiger partial charge in [-0.2, -0.15) is 5.10 Å². The average molecular weight is 413 g/mol. The molecule has 1 aliphatic heterocycles. The number of carbonyl (C=O) groups is 1. The second-order valence-electron chi connectivity index (χ2n) is 7.45. The Kier molecular flexibility index (Phi) is 5.41. The summed E-state index contributed by atoms with van der Waals surface area (Å²) in [4.78, 5) is 25.6. The van der Waals surface area contributed by atoms with Gasteiger partial charge >= 0.3 is 0 Å². The van der Waals surface area contributed by atoms with E-state index in [2.05, 4.69) is 23.8 Å². The Bertz CT molecular complexity index is 1040. The van der Waals surface area contributed by atoms with E-state index in [0.29, 0.717) is 18.1 Å². The lowest BCUT2D eigenvalue weighted by Gasteiger charge is -2.35. The lowest BCUT2D eigenvalue weighted by atomic mass is 10.1. The zero-order valence-electron chi connectivity index (χ0n) is 17.0. The molecule has 8 heteroatoms. The number of amides is 1. The van der Waals surface area contributed by atoms with Crippen molar-refractivity contribution in [2.75, 3.05) is 31.1 Å². The van der Waals surface area contributed by atoms with E-state index in [-0.39, 0.29) is 11.8 Å². The molecule has 2 aromatic heterocycles. The summed E-state index contributed by atoms with van der Waals surface area (Å²) >= 11 is 6.43. The number of benzene rings is 1. The van der Waals surface area contributed by atoms with Crippen LogP contribution in [0, 0.1) is 0 Å². The third-order valence-electron chi connectivity index (χ3n) is 5.58. The monoisotopic (exact) mass is 412 g/mol. The van der Waals surface area contributed by atoms with Gasteiger partial charge in [0.25, 0.3) is 0 Å². The van der Waals surface area contributed by atoms with E-state index in [0.717, 1.165) is 47.9 Å². The van der Waals surface area contributed by atoms with E-state index >= 15 is 0 Å². The van der Waals surface area contributed by atoms with Gasteiger partial charge in [-0.25, -0.2) is 14.6 Å². The molecule has 0 N–H and O–H groups in total. The van der Waals surface area contributed by atoms with Crippen LogP contribution in [-0.4, -0.2) is 56.7 Å². The summed E-state index contributed by atoms with van der Waals surface area (Å²) in [6.45, 7) is 8.75. The van der Waals surface area contributed by atoms with Crippen molar-refractivity contribution in [1.29, 1.82) is 0 Å². The molecule has 152 valence electrons. The van der Waals surface area contributed by atoms with Crippen LogP contribution in [0.1, 0.15) is 38.9 Å². The molecule has 1 unspecified atom stereocenters. The lowest BCUT2D eigenvalue weighted by Crippen LogP contribution is -2.48. The topological polar surface area (TPSA) is 67.2 Å². The maximum absolute atomic E-state index is 11.7. The van der Waals surface area contributed by atoms with E-state index in [1.165, 1.54) is 0 Å². The first kappa shape index (κ1) is 19.6. The van der Waals surface area contributed by atoms with Crippen molar-refractivity contribution in [3.63, 3.8) is 0 Å². The highest BCUT2D eigenvalue weighted by Gasteiger charge is 2.25. The minimum Gasteiger partial charge on any atom is -0.352 e. The van der Waals surface area contributed by atoms with Crippen molar-refractivity contribution in [3.8, 4) is 5.69 Å². The maximum atomic E-state index is 11.7. The highest BCUT2D eigenvalue weighted by atomic mass is 35.5. The fraction of sp³-hybridized carbons (Fsp3) is 0.429. The van der Waals surface area contributed by atoms with Gasteiger partial charge in [-0.1, -0.05) is 37.6 Å². The number of nitrogens with zero attached hydrogens (tertiary/aromatic N) is 6. The van der Waals surface area contributed by atoms with Gasteiger partial charge < -0.3 is 9.80 Å². The van der Waals surface area contributed by atoms with Gasteiger partial charge in [-0.15, -0.1) is 0 Å². The molecule has 0 radical (unpaired) electrons. The molecular formula is C21H25ClN6O. The zero-order valence-corrected chi connectivity index (χ0v) is 17.7. The molecule has 0 spiro atoms. The molecule has 0 bridgehead atoms. The summed E-state index contributed by atoms with van der Waals surface area (Å²) in [6.07, 6.45) is 2.76. The molecular weight excluding hydrogens is 388 g/mol. The molecule has 1 aromatic carbocycles. The van der Waals surface area contributed by atoms with Gasteiger partial charge in [0.2, 0.25) is 5.91 Å². The van der Waals surface area contributed by atoms with E-state index in [1.807, 2.05) is 35.4 Å². The van der Waals surface area contributed by atoms with Gasteiger partial charge in [0.05, 0.1) is 22.3 Å². The van der Waals surface area contributed by atoms with Crippen LogP contribution in [0.3, 0.4) is 0 Å². The van der Waals surface area contributed by atoms with E-state index in [1.54, 1.807) is 11.6 Å². The summed E-state index contributed by atoms with van der Waals surface area (Å²) in [5.41, 5.74) is 1.55. The average Bonchev–Trinajstić information content (AvgIpc) is 3.16. The smallest absolute Gasteiger partial charge is 0.219 e. The Balaban J connectivity index is 1.82. The quantitative estimate of drug-likeness (QED) is 0.654. The van der Waals surface area contributed by atoms with E-state index in [9.17, 15) is 4.79 Å². The van der Waals surface area contributed by atoms with Crippen molar-refractivity contribution in [1.82, 2.24) is 24.6 Å². The third kappa shape index (κ3) is 3.67. The van der Waals surface area contributed by atoms with Crippen LogP contribution in [-0.2, 0) is 4.79 Å². The van der Waals surface area contributed by atoms with Crippen LogP contribution >= 0.6 is 11.6 Å². The molecule has 4 rings (SSSR count). The molecule has 1 fully saturated rings. The summed E-state index contributed by atoms with van der Waals surface area (Å²) in [5.74, 6) is 2.03. The number of para-hydroxylation sites is 1. The predicted molar refractivity (Wildman–Crippen MR) is 115 cm³/mol. The zero-order chi connectivity index (χ0) is 20.5. The van der Waals surface area contributed by atoms with Crippen molar-refractivity contribution < 1.29 is 4.79 Å². The number of rotatable bonds is 4. The lowest BCUT2D eigenvalue weighted by molar-refractivity contribution is -0.129. The molecule has 3 heterocycles. The van der Waals surface area contributed by atoms with Crippen LogP contribution in [0.2, 0.25) is 5.02 Å². The van der Waals surface area contributed by atoms with Gasteiger partial charge in [-0.05, 0) is 18.6 Å². The Morgan fingerprint density at radius 2 is 1.90 bits per heavy atom. The minimum atomic E-state index is 0.115. The number of anilines is 1. The number of hydrogen-bond acceptors (Lipinski definition) is 5. The van der Waals surface area contributed by atoms with Crippen LogP contribution < -0.4 is 4.90 Å². The number of piperazine rings is 1. The Morgan fingerprint density at radius 1 is 1.17 bits per heavy atom. The fourth-order valence-corrected chi connectivity index (χ4v) is 3.80. The molecule has 29 heavy (non-hydrogen) atoms. The number of halogens is 1. The first-order chi connectivity index (χ1) is 14.0. The second kappa shape index (κ2) is 7.99. The highest BCUT2D eigenvalue weighted by molar-refractivity contribution is 6.32. The number of carbonyl (C=O) groups excluding carboxylic acids is 1. The van der Waals surface area contributed by atoms with E-state index in [4.69, 9.17) is 21.6 Å². The highest BCUT2D eigenvalue weighted by Crippen LogP contribution is 2.30. The number of fused-ring (bicyclic) bond motifs is 1. The summed E-state index contributed by atoms with van der Waals surface area (Å²) in [7, 11) is 0. The molecule has 1 aliphatic rings. The van der Waals surface area contributed by atoms with Crippen molar-refractivity contribution in [3.05, 3.63) is 41.3 Å². The van der Waals surface area contributed by atoms with Crippen molar-refractivity contribution >= 4 is 34.4 Å². The SMILES string of the molecule is CCC(C)c1nc(N2CCN(C(C)=O)CC2)c2cnn(-c3ccccc3Cl)c2n1. The molecule has 1 atom stereocenters. The second-order valence-corrected chi connectivity index (χ2v) is 7.86. The van der Waals surface area contributed by atoms with Crippen LogP contribution in [0.15, 0.2) is 30.5 Å². The summed E-state index contributed by atoms with van der Waals surface area (Å²) in [5, 5.41) is 6.11. The predicted octanol–water partition coefficient (Wildman–Crippen LogP) is 3.65. The standard InChI is InChI=1S/C21H25ClN6O/c1-4-14(2)19-24-20(27-11-9-26(10-12-27)15(3)29)16-13-23-28(21(16)25-19)18-8-6-5-7-17(18)22/h5-8,13-14H,4,9-12H2,1-3H3. The van der Waals surface area contributed by atoms with Crippen LogP contribution in [0.25, 0.3) is 16.7 Å². The van der Waals surface area contributed by atoms with E-state index < -0.39 is 0 Å². The van der Waals surface area contributed by atoms with Gasteiger partial charge in [0, 0.05) is 39.0 Å². The summed E-state index contributed by atoms with van der Waals surface area (Å²) in [6, 6.07) is 7.62. The van der Waals surface area contributed by atoms with Gasteiger partial charge in [0.1, 0.15) is 11.6 Å². The van der Waals surface area contributed by atoms with Gasteiger partial charge in [0.15, 0.2) is 5.65 Å². The molecule has 3 aromatic rings. The van der Waals surface area contributed by atoms with Crippen LogP contribution in [0.4, 0.5) is 5.82 Å². The summed E-state index contributed by atoms with van der Waals surface area (Å²) < 4.78 is 1.79. The van der Waals surface area contributed by atoms with Crippen LogP contribution in [0.5, 0.6) is 0 Å². The normalized spacial score (nSPS) is 15.7.